The van der Waals surface area contributed by atoms with Gasteiger partial charge in [-0.15, -0.1) is 0 Å². The summed E-state index contributed by atoms with van der Waals surface area (Å²) in [6.45, 7) is 3.99. The van der Waals surface area contributed by atoms with Gasteiger partial charge in [0.05, 0.1) is 21.3 Å². The third kappa shape index (κ3) is 3.53. The number of carbonyl (C=O) groups excluding carboxylic acids is 1. The van der Waals surface area contributed by atoms with Crippen molar-refractivity contribution in [1.29, 1.82) is 0 Å². The molecule has 160 valence electrons. The number of carbonyl (C=O) groups is 1. The molecule has 0 aliphatic rings. The second-order valence-corrected chi connectivity index (χ2v) is 7.74. The van der Waals surface area contributed by atoms with Crippen LogP contribution in [0.2, 0.25) is 5.02 Å². The highest BCUT2D eigenvalue weighted by Gasteiger charge is 2.19. The van der Waals surface area contributed by atoms with Gasteiger partial charge in [-0.2, -0.15) is 0 Å². The van der Waals surface area contributed by atoms with Crippen molar-refractivity contribution in [2.45, 2.75) is 13.8 Å². The van der Waals surface area contributed by atoms with E-state index in [-0.39, 0.29) is 5.91 Å². The van der Waals surface area contributed by atoms with Gasteiger partial charge in [-0.05, 0) is 61.4 Å². The fourth-order valence-corrected chi connectivity index (χ4v) is 4.09. The van der Waals surface area contributed by atoms with E-state index < -0.39 is 0 Å². The lowest BCUT2D eigenvalue weighted by Crippen LogP contribution is -2.14. The molecule has 31 heavy (non-hydrogen) atoms. The average molecular weight is 439 g/mol. The van der Waals surface area contributed by atoms with Gasteiger partial charge in [0, 0.05) is 38.1 Å². The van der Waals surface area contributed by atoms with Crippen LogP contribution in [0, 0.1) is 13.8 Å². The lowest BCUT2D eigenvalue weighted by Gasteiger charge is -2.15. The fraction of sp³-hybridized carbons (Fsp3) is 0.208. The number of aromatic nitrogens is 1. The lowest BCUT2D eigenvalue weighted by molar-refractivity contribution is 0.102. The molecule has 0 unspecified atom stereocenters. The Hall–Kier alpha value is -3.38. The average Bonchev–Trinajstić information content (AvgIpc) is 3.15. The maximum absolute atomic E-state index is 13.1. The first kappa shape index (κ1) is 20.9. The Balaban J connectivity index is 1.80. The van der Waals surface area contributed by atoms with Crippen LogP contribution in [0.1, 0.15) is 21.5 Å². The molecule has 0 radical (unpaired) electrons. The van der Waals surface area contributed by atoms with Crippen molar-refractivity contribution in [3.8, 4) is 17.2 Å². The molecule has 1 heterocycles. The normalized spacial score (nSPS) is 11.0. The molecule has 0 aliphatic carbocycles. The predicted octanol–water partition coefficient (Wildman–Crippen LogP) is 5.87. The first-order valence-electron chi connectivity index (χ1n) is 9.70. The Labute approximate surface area is 185 Å². The number of methoxy groups -OCH3 is 3. The third-order valence-corrected chi connectivity index (χ3v) is 5.71. The maximum atomic E-state index is 13.1. The van der Waals surface area contributed by atoms with Gasteiger partial charge in [-0.1, -0.05) is 11.6 Å². The largest absolute Gasteiger partial charge is 0.493 e. The molecule has 1 aromatic heterocycles. The molecule has 0 atom stereocenters. The van der Waals surface area contributed by atoms with E-state index in [2.05, 4.69) is 10.3 Å². The number of hydrogen-bond donors (Lipinski definition) is 2. The summed E-state index contributed by atoms with van der Waals surface area (Å²) >= 11 is 6.24. The van der Waals surface area contributed by atoms with Crippen LogP contribution in [-0.4, -0.2) is 32.2 Å². The lowest BCUT2D eigenvalue weighted by atomic mass is 10.0. The number of H-pyrrole nitrogens is 1. The molecular weight excluding hydrogens is 416 g/mol. The second kappa shape index (κ2) is 8.04. The van der Waals surface area contributed by atoms with Gasteiger partial charge in [0.1, 0.15) is 0 Å². The van der Waals surface area contributed by atoms with Crippen LogP contribution in [-0.2, 0) is 0 Å². The van der Waals surface area contributed by atoms with Gasteiger partial charge < -0.3 is 24.5 Å². The molecule has 3 aromatic carbocycles. The Kier molecular flexibility index (Phi) is 5.41. The highest BCUT2D eigenvalue weighted by atomic mass is 35.5. The highest BCUT2D eigenvalue weighted by molar-refractivity contribution is 6.32. The van der Waals surface area contributed by atoms with Crippen molar-refractivity contribution in [2.75, 3.05) is 26.6 Å². The maximum Gasteiger partial charge on any atom is 0.255 e. The smallest absolute Gasteiger partial charge is 0.255 e. The molecule has 0 saturated carbocycles. The van der Waals surface area contributed by atoms with Crippen LogP contribution in [0.3, 0.4) is 0 Å². The van der Waals surface area contributed by atoms with E-state index in [1.165, 1.54) is 21.3 Å². The van der Waals surface area contributed by atoms with Gasteiger partial charge in [-0.3, -0.25) is 4.79 Å². The summed E-state index contributed by atoms with van der Waals surface area (Å²) in [6.07, 6.45) is 0. The van der Waals surface area contributed by atoms with Crippen LogP contribution < -0.4 is 19.5 Å². The summed E-state index contributed by atoms with van der Waals surface area (Å²) in [5.74, 6) is 0.993. The van der Waals surface area contributed by atoms with E-state index in [1.54, 1.807) is 12.1 Å². The summed E-state index contributed by atoms with van der Waals surface area (Å²) in [7, 11) is 4.56. The van der Waals surface area contributed by atoms with Gasteiger partial charge in [0.2, 0.25) is 5.75 Å². The van der Waals surface area contributed by atoms with E-state index in [4.69, 9.17) is 25.8 Å². The van der Waals surface area contributed by atoms with Crippen molar-refractivity contribution in [3.05, 3.63) is 58.1 Å². The number of amides is 1. The van der Waals surface area contributed by atoms with E-state index >= 15 is 0 Å². The minimum absolute atomic E-state index is 0.279. The van der Waals surface area contributed by atoms with Crippen LogP contribution in [0.25, 0.3) is 21.8 Å². The Bertz CT molecular complexity index is 1300. The molecular formula is C24H23ClN2O4. The number of aromatic amines is 1. The summed E-state index contributed by atoms with van der Waals surface area (Å²) < 4.78 is 16.1. The van der Waals surface area contributed by atoms with Gasteiger partial charge in [0.25, 0.3) is 5.91 Å². The van der Waals surface area contributed by atoms with E-state index in [1.807, 2.05) is 38.1 Å². The minimum atomic E-state index is -0.279. The molecule has 0 aliphatic heterocycles. The molecule has 7 heteroatoms. The molecule has 4 rings (SSSR count). The summed E-state index contributed by atoms with van der Waals surface area (Å²) in [4.78, 5) is 16.6. The van der Waals surface area contributed by atoms with Gasteiger partial charge in [-0.25, -0.2) is 0 Å². The number of halogens is 1. The second-order valence-electron chi connectivity index (χ2n) is 7.30. The third-order valence-electron chi connectivity index (χ3n) is 5.47. The SMILES string of the molecule is COc1cc(C(=O)Nc2cc(C)c3[nH]c4ccc(Cl)cc4c3c2C)cc(OC)c1OC. The standard InChI is InChI=1S/C24H23ClN2O4/c1-12-8-18(13(2)21-16-11-15(25)6-7-17(16)26-22(12)21)27-24(28)14-9-19(29-3)23(31-5)20(10-14)30-4/h6-11,26H,1-5H3,(H,27,28). The number of ether oxygens (including phenoxy) is 3. The zero-order valence-corrected chi connectivity index (χ0v) is 18.7. The molecule has 1 amide bonds. The number of aryl methyl sites for hydroxylation is 2. The minimum Gasteiger partial charge on any atom is -0.493 e. The number of hydrogen-bond acceptors (Lipinski definition) is 4. The monoisotopic (exact) mass is 438 g/mol. The molecule has 0 bridgehead atoms. The number of benzene rings is 3. The Morgan fingerprint density at radius 1 is 0.968 bits per heavy atom. The molecule has 4 aromatic rings. The predicted molar refractivity (Wildman–Crippen MR) is 124 cm³/mol. The van der Waals surface area contributed by atoms with Crippen LogP contribution in [0.15, 0.2) is 36.4 Å². The number of nitrogens with one attached hydrogen (secondary N) is 2. The van der Waals surface area contributed by atoms with Crippen LogP contribution in [0.5, 0.6) is 17.2 Å². The van der Waals surface area contributed by atoms with Crippen LogP contribution in [0.4, 0.5) is 5.69 Å². The van der Waals surface area contributed by atoms with E-state index in [0.717, 1.165) is 38.6 Å². The van der Waals surface area contributed by atoms with Crippen molar-refractivity contribution >= 4 is 45.0 Å². The first-order chi connectivity index (χ1) is 14.9. The fourth-order valence-electron chi connectivity index (χ4n) is 3.92. The zero-order chi connectivity index (χ0) is 22.3. The molecule has 6 nitrogen and oxygen atoms in total. The highest BCUT2D eigenvalue weighted by Crippen LogP contribution is 2.39. The topological polar surface area (TPSA) is 72.6 Å². The Morgan fingerprint density at radius 2 is 1.65 bits per heavy atom. The van der Waals surface area contributed by atoms with E-state index in [9.17, 15) is 4.79 Å². The van der Waals surface area contributed by atoms with Crippen molar-refractivity contribution in [3.63, 3.8) is 0 Å². The Morgan fingerprint density at radius 3 is 2.26 bits per heavy atom. The molecule has 0 fully saturated rings. The van der Waals surface area contributed by atoms with Crippen molar-refractivity contribution < 1.29 is 19.0 Å². The zero-order valence-electron chi connectivity index (χ0n) is 18.0. The number of anilines is 1. The summed E-state index contributed by atoms with van der Waals surface area (Å²) in [6, 6.07) is 11.0. The first-order valence-corrected chi connectivity index (χ1v) is 10.1. The van der Waals surface area contributed by atoms with Gasteiger partial charge >= 0.3 is 0 Å². The van der Waals surface area contributed by atoms with Crippen molar-refractivity contribution in [2.24, 2.45) is 0 Å². The number of rotatable bonds is 5. The molecule has 2 N–H and O–H groups in total. The van der Waals surface area contributed by atoms with Crippen molar-refractivity contribution in [1.82, 2.24) is 4.98 Å². The molecule has 0 spiro atoms. The van der Waals surface area contributed by atoms with Crippen LogP contribution >= 0.6 is 11.6 Å². The quantitative estimate of drug-likeness (QED) is 0.408. The summed E-state index contributed by atoms with van der Waals surface area (Å²) in [5.41, 5.74) is 5.13. The summed E-state index contributed by atoms with van der Waals surface area (Å²) in [5, 5.41) is 5.76. The van der Waals surface area contributed by atoms with E-state index in [0.29, 0.717) is 27.8 Å². The number of fused-ring (bicyclic) bond motifs is 3. The molecule has 0 saturated heterocycles. The van der Waals surface area contributed by atoms with Gasteiger partial charge in [0.15, 0.2) is 11.5 Å².